The van der Waals surface area contributed by atoms with E-state index in [0.29, 0.717) is 21.3 Å². The van der Waals surface area contributed by atoms with Crippen LogP contribution in [0.2, 0.25) is 10.0 Å². The van der Waals surface area contributed by atoms with E-state index in [1.54, 1.807) is 31.2 Å². The van der Waals surface area contributed by atoms with Gasteiger partial charge in [0, 0.05) is 22.3 Å². The van der Waals surface area contributed by atoms with Gasteiger partial charge in [-0.25, -0.2) is 0 Å². The van der Waals surface area contributed by atoms with Crippen LogP contribution in [0.3, 0.4) is 0 Å². The molecule has 0 aliphatic carbocycles. The molecule has 0 bridgehead atoms. The van der Waals surface area contributed by atoms with Crippen LogP contribution in [0.1, 0.15) is 27.7 Å². The smallest absolute Gasteiger partial charge is 0.260 e. The molecule has 1 amide bonds. The molecule has 0 saturated carbocycles. The number of carbonyl (C=O) groups excluding carboxylic acids is 1. The van der Waals surface area contributed by atoms with Gasteiger partial charge in [-0.2, -0.15) is 0 Å². The van der Waals surface area contributed by atoms with Crippen molar-refractivity contribution in [3.63, 3.8) is 0 Å². The predicted molar refractivity (Wildman–Crippen MR) is 85.6 cm³/mol. The summed E-state index contributed by atoms with van der Waals surface area (Å²) in [6.07, 6.45) is -0.982. The third kappa shape index (κ3) is 4.10. The first kappa shape index (κ1) is 16.5. The highest BCUT2D eigenvalue weighted by atomic mass is 35.5. The Morgan fingerprint density at radius 2 is 1.91 bits per heavy atom. The van der Waals surface area contributed by atoms with Crippen LogP contribution in [0.4, 0.5) is 0 Å². The van der Waals surface area contributed by atoms with Gasteiger partial charge in [0.1, 0.15) is 5.56 Å². The lowest BCUT2D eigenvalue weighted by atomic mass is 10.1. The van der Waals surface area contributed by atoms with E-state index in [1.165, 1.54) is 6.07 Å². The van der Waals surface area contributed by atoms with Crippen LogP contribution in [-0.2, 0) is 0 Å². The number of aromatic amines is 1. The number of nitrogens with one attached hydrogen (secondary N) is 2. The molecular weight excluding hydrogens is 327 g/mol. The molecule has 116 valence electrons. The Morgan fingerprint density at radius 1 is 1.27 bits per heavy atom. The van der Waals surface area contributed by atoms with Gasteiger partial charge >= 0.3 is 0 Å². The molecule has 7 heteroatoms. The number of benzene rings is 1. The summed E-state index contributed by atoms with van der Waals surface area (Å²) < 4.78 is 0. The van der Waals surface area contributed by atoms with Gasteiger partial charge < -0.3 is 15.4 Å². The number of hydrogen-bond donors (Lipinski definition) is 3. The molecule has 1 aromatic heterocycles. The van der Waals surface area contributed by atoms with Crippen molar-refractivity contribution in [2.45, 2.75) is 13.0 Å². The molecule has 0 saturated heterocycles. The van der Waals surface area contributed by atoms with Crippen LogP contribution in [0, 0.1) is 6.92 Å². The number of halogens is 2. The molecule has 1 aromatic carbocycles. The average molecular weight is 341 g/mol. The molecule has 2 rings (SSSR count). The molecule has 0 aliphatic rings. The van der Waals surface area contributed by atoms with Crippen LogP contribution in [-0.4, -0.2) is 22.5 Å². The number of aliphatic hydroxyl groups excluding tert-OH is 1. The van der Waals surface area contributed by atoms with Gasteiger partial charge in [-0.05, 0) is 42.8 Å². The summed E-state index contributed by atoms with van der Waals surface area (Å²) in [5.74, 6) is -0.562. The molecule has 5 nitrogen and oxygen atoms in total. The Balaban J connectivity index is 2.05. The van der Waals surface area contributed by atoms with E-state index in [1.807, 2.05) is 0 Å². The van der Waals surface area contributed by atoms with Gasteiger partial charge in [-0.1, -0.05) is 23.2 Å². The van der Waals surface area contributed by atoms with E-state index in [-0.39, 0.29) is 12.1 Å². The molecule has 0 aliphatic heterocycles. The Bertz CT molecular complexity index is 738. The van der Waals surface area contributed by atoms with Gasteiger partial charge in [0.05, 0.1) is 6.10 Å². The summed E-state index contributed by atoms with van der Waals surface area (Å²) in [6.45, 7) is 1.65. The molecular formula is C15H14Cl2N2O3. The first-order valence-corrected chi connectivity index (χ1v) is 7.24. The fraction of sp³-hybridized carbons (Fsp3) is 0.200. The number of amides is 1. The number of rotatable bonds is 4. The maximum atomic E-state index is 12.0. The molecule has 1 heterocycles. The molecule has 0 spiro atoms. The van der Waals surface area contributed by atoms with E-state index < -0.39 is 17.6 Å². The minimum absolute atomic E-state index is 0.0121. The fourth-order valence-electron chi connectivity index (χ4n) is 1.92. The quantitative estimate of drug-likeness (QED) is 0.799. The van der Waals surface area contributed by atoms with Gasteiger partial charge in [0.15, 0.2) is 0 Å². The van der Waals surface area contributed by atoms with Crippen molar-refractivity contribution < 1.29 is 9.90 Å². The number of carbonyl (C=O) groups is 1. The number of H-pyrrole nitrogens is 1. The van der Waals surface area contributed by atoms with E-state index in [9.17, 15) is 14.7 Å². The van der Waals surface area contributed by atoms with Crippen LogP contribution >= 0.6 is 23.2 Å². The predicted octanol–water partition coefficient (Wildman–Crippen LogP) is 2.45. The van der Waals surface area contributed by atoms with Crippen LogP contribution in [0.25, 0.3) is 0 Å². The number of aliphatic hydroxyl groups is 1. The minimum atomic E-state index is -0.982. The fourth-order valence-corrected chi connectivity index (χ4v) is 2.46. The normalized spacial score (nSPS) is 12.0. The molecule has 1 unspecified atom stereocenters. The van der Waals surface area contributed by atoms with Crippen molar-refractivity contribution in [3.8, 4) is 0 Å². The van der Waals surface area contributed by atoms with Gasteiger partial charge in [0.2, 0.25) is 0 Å². The summed E-state index contributed by atoms with van der Waals surface area (Å²) >= 11 is 11.7. The summed E-state index contributed by atoms with van der Waals surface area (Å²) in [5, 5.41) is 13.3. The zero-order valence-electron chi connectivity index (χ0n) is 11.7. The maximum absolute atomic E-state index is 12.0. The van der Waals surface area contributed by atoms with E-state index in [0.717, 1.165) is 0 Å². The lowest BCUT2D eigenvalue weighted by Crippen LogP contribution is -2.32. The van der Waals surface area contributed by atoms with Crippen molar-refractivity contribution >= 4 is 29.1 Å². The van der Waals surface area contributed by atoms with Crippen molar-refractivity contribution in [2.24, 2.45) is 0 Å². The lowest BCUT2D eigenvalue weighted by Gasteiger charge is -2.13. The zero-order chi connectivity index (χ0) is 16.3. The molecule has 22 heavy (non-hydrogen) atoms. The van der Waals surface area contributed by atoms with Crippen LogP contribution < -0.4 is 10.9 Å². The monoisotopic (exact) mass is 340 g/mol. The lowest BCUT2D eigenvalue weighted by molar-refractivity contribution is 0.0915. The Morgan fingerprint density at radius 3 is 2.50 bits per heavy atom. The molecule has 2 aromatic rings. The van der Waals surface area contributed by atoms with E-state index in [2.05, 4.69) is 10.3 Å². The minimum Gasteiger partial charge on any atom is -0.387 e. The number of aryl methyl sites for hydroxylation is 1. The SMILES string of the molecule is Cc1ccc(C(=O)NCC(O)c2cc(Cl)cc(Cl)c2)c(=O)[nH]1. The summed E-state index contributed by atoms with van der Waals surface area (Å²) in [6, 6.07) is 7.73. The second-order valence-electron chi connectivity index (χ2n) is 4.81. The number of aromatic nitrogens is 1. The van der Waals surface area contributed by atoms with Crippen molar-refractivity contribution in [1.29, 1.82) is 0 Å². The van der Waals surface area contributed by atoms with E-state index in [4.69, 9.17) is 23.2 Å². The Hall–Kier alpha value is -1.82. The molecule has 3 N–H and O–H groups in total. The topological polar surface area (TPSA) is 82.2 Å². The van der Waals surface area contributed by atoms with Crippen molar-refractivity contribution in [3.05, 3.63) is 67.6 Å². The van der Waals surface area contributed by atoms with Gasteiger partial charge in [-0.15, -0.1) is 0 Å². The van der Waals surface area contributed by atoms with Crippen LogP contribution in [0.15, 0.2) is 35.1 Å². The largest absolute Gasteiger partial charge is 0.387 e. The summed E-state index contributed by atoms with van der Waals surface area (Å²) in [7, 11) is 0. The van der Waals surface area contributed by atoms with E-state index >= 15 is 0 Å². The second kappa shape index (κ2) is 6.96. The third-order valence-corrected chi connectivity index (χ3v) is 3.46. The Kier molecular flexibility index (Phi) is 5.24. The highest BCUT2D eigenvalue weighted by Crippen LogP contribution is 2.23. The van der Waals surface area contributed by atoms with Crippen LogP contribution in [0.5, 0.6) is 0 Å². The highest BCUT2D eigenvalue weighted by Gasteiger charge is 2.14. The molecule has 0 radical (unpaired) electrons. The maximum Gasteiger partial charge on any atom is 0.260 e. The zero-order valence-corrected chi connectivity index (χ0v) is 13.2. The standard InChI is InChI=1S/C15H14Cl2N2O3/c1-8-2-3-12(15(22)19-8)14(21)18-7-13(20)9-4-10(16)6-11(17)5-9/h2-6,13,20H,7H2,1H3,(H,18,21)(H,19,22). The number of hydrogen-bond acceptors (Lipinski definition) is 3. The third-order valence-electron chi connectivity index (χ3n) is 3.03. The Labute approximate surface area is 136 Å². The van der Waals surface area contributed by atoms with Crippen molar-refractivity contribution in [1.82, 2.24) is 10.3 Å². The first-order valence-electron chi connectivity index (χ1n) is 6.49. The number of pyridine rings is 1. The molecule has 0 fully saturated rings. The van der Waals surface area contributed by atoms with Crippen molar-refractivity contribution in [2.75, 3.05) is 6.54 Å². The summed E-state index contributed by atoms with van der Waals surface area (Å²) in [5.41, 5.74) is 0.658. The van der Waals surface area contributed by atoms with Gasteiger partial charge in [0.25, 0.3) is 11.5 Å². The van der Waals surface area contributed by atoms with Gasteiger partial charge in [-0.3, -0.25) is 9.59 Å². The highest BCUT2D eigenvalue weighted by molar-refractivity contribution is 6.34. The second-order valence-corrected chi connectivity index (χ2v) is 5.69. The molecule has 1 atom stereocenters. The first-order chi connectivity index (χ1) is 10.4. The average Bonchev–Trinajstić information content (AvgIpc) is 2.43. The summed E-state index contributed by atoms with van der Waals surface area (Å²) in [4.78, 5) is 26.2.